The van der Waals surface area contributed by atoms with Gasteiger partial charge in [-0.1, -0.05) is 0 Å². The van der Waals surface area contributed by atoms with Gasteiger partial charge in [0.1, 0.15) is 6.26 Å². The first-order valence-electron chi connectivity index (χ1n) is 4.55. The molecule has 0 unspecified atom stereocenters. The molecule has 1 heterocycles. The molecule has 0 spiro atoms. The van der Waals surface area contributed by atoms with Crippen molar-refractivity contribution in [2.45, 2.75) is 0 Å². The first-order valence-corrected chi connectivity index (χ1v) is 5.34. The Balaban J connectivity index is 2.15. The van der Waals surface area contributed by atoms with Crippen molar-refractivity contribution in [2.24, 2.45) is 0 Å². The van der Waals surface area contributed by atoms with Gasteiger partial charge in [-0.3, -0.25) is 4.79 Å². The monoisotopic (exact) mass is 280 g/mol. The van der Waals surface area contributed by atoms with Gasteiger partial charge in [-0.2, -0.15) is 0 Å². The Morgan fingerprint density at radius 1 is 1.38 bits per heavy atom. The van der Waals surface area contributed by atoms with E-state index in [0.717, 1.165) is 4.47 Å². The summed E-state index contributed by atoms with van der Waals surface area (Å²) in [6, 6.07) is 6.79. The van der Waals surface area contributed by atoms with Crippen molar-refractivity contribution in [3.63, 3.8) is 0 Å². The van der Waals surface area contributed by atoms with Crippen LogP contribution in [0, 0.1) is 0 Å². The van der Waals surface area contributed by atoms with Gasteiger partial charge in [0.15, 0.2) is 0 Å². The van der Waals surface area contributed by atoms with E-state index in [1.54, 1.807) is 24.3 Å². The zero-order valence-electron chi connectivity index (χ0n) is 8.24. The van der Waals surface area contributed by atoms with Gasteiger partial charge >= 0.3 is 0 Å². The maximum atomic E-state index is 11.7. The van der Waals surface area contributed by atoms with Gasteiger partial charge in [0.25, 0.3) is 5.91 Å². The second-order valence-corrected chi connectivity index (χ2v) is 4.06. The fourth-order valence-electron chi connectivity index (χ4n) is 1.20. The summed E-state index contributed by atoms with van der Waals surface area (Å²) in [6.07, 6.45) is 2.84. The lowest BCUT2D eigenvalue weighted by Gasteiger charge is -2.05. The number of carbonyl (C=O) groups is 1. The summed E-state index contributed by atoms with van der Waals surface area (Å²) < 4.78 is 5.57. The van der Waals surface area contributed by atoms with Crippen LogP contribution in [0.15, 0.2) is 45.7 Å². The third-order valence-electron chi connectivity index (χ3n) is 2.04. The lowest BCUT2D eigenvalue weighted by atomic mass is 10.2. The molecule has 2 rings (SSSR count). The summed E-state index contributed by atoms with van der Waals surface area (Å²) >= 11 is 3.29. The van der Waals surface area contributed by atoms with E-state index in [9.17, 15) is 4.79 Å². The average Bonchev–Trinajstić information content (AvgIpc) is 2.77. The summed E-state index contributed by atoms with van der Waals surface area (Å²) in [6.45, 7) is 0. The van der Waals surface area contributed by atoms with Crippen molar-refractivity contribution in [3.05, 3.63) is 46.8 Å². The second-order valence-electron chi connectivity index (χ2n) is 3.20. The first-order chi connectivity index (χ1) is 7.66. The molecule has 0 aliphatic carbocycles. The van der Waals surface area contributed by atoms with Crippen LogP contribution in [0.1, 0.15) is 10.4 Å². The van der Waals surface area contributed by atoms with E-state index >= 15 is 0 Å². The topological polar surface area (TPSA) is 68.3 Å². The molecule has 0 atom stereocenters. The Morgan fingerprint density at radius 3 is 2.81 bits per heavy atom. The molecular formula is C11H9BrN2O2. The van der Waals surface area contributed by atoms with Crippen LogP contribution < -0.4 is 11.1 Å². The minimum absolute atomic E-state index is 0.217. The van der Waals surface area contributed by atoms with E-state index in [1.165, 1.54) is 12.5 Å². The number of amides is 1. The third-order valence-corrected chi connectivity index (χ3v) is 2.73. The number of nitrogen functional groups attached to an aromatic ring is 1. The number of benzene rings is 1. The molecule has 0 saturated carbocycles. The van der Waals surface area contributed by atoms with Crippen LogP contribution >= 0.6 is 15.9 Å². The van der Waals surface area contributed by atoms with Gasteiger partial charge in [-0.15, -0.1) is 0 Å². The highest BCUT2D eigenvalue weighted by Gasteiger charge is 2.07. The largest absolute Gasteiger partial charge is 0.472 e. The minimum Gasteiger partial charge on any atom is -0.472 e. The predicted molar refractivity (Wildman–Crippen MR) is 65.2 cm³/mol. The molecule has 1 aromatic heterocycles. The number of nitrogens with two attached hydrogens (primary N) is 1. The lowest BCUT2D eigenvalue weighted by Crippen LogP contribution is -2.10. The summed E-state index contributed by atoms with van der Waals surface area (Å²) in [5.74, 6) is -0.217. The standard InChI is InChI=1S/C11H9BrN2O2/c12-9-5-8(1-2-10(9)13)14-11(15)7-3-4-16-6-7/h1-6H,13H2,(H,14,15). The molecule has 16 heavy (non-hydrogen) atoms. The molecule has 0 aliphatic rings. The van der Waals surface area contributed by atoms with Crippen LogP contribution in [0.25, 0.3) is 0 Å². The molecule has 0 radical (unpaired) electrons. The predicted octanol–water partition coefficient (Wildman–Crippen LogP) is 2.88. The highest BCUT2D eigenvalue weighted by atomic mass is 79.9. The Kier molecular flexibility index (Phi) is 2.96. The number of furan rings is 1. The van der Waals surface area contributed by atoms with Gasteiger partial charge in [0, 0.05) is 15.8 Å². The zero-order valence-corrected chi connectivity index (χ0v) is 9.82. The highest BCUT2D eigenvalue weighted by molar-refractivity contribution is 9.10. The minimum atomic E-state index is -0.217. The molecule has 1 amide bonds. The number of hydrogen-bond acceptors (Lipinski definition) is 3. The van der Waals surface area contributed by atoms with Gasteiger partial charge in [0.05, 0.1) is 11.8 Å². The second kappa shape index (κ2) is 4.40. The number of hydrogen-bond donors (Lipinski definition) is 2. The van der Waals surface area contributed by atoms with Gasteiger partial charge in [-0.05, 0) is 40.2 Å². The molecule has 4 nitrogen and oxygen atoms in total. The molecule has 0 fully saturated rings. The van der Waals surface area contributed by atoms with Crippen LogP contribution in [-0.2, 0) is 0 Å². The molecule has 3 N–H and O–H groups in total. The molecule has 0 saturated heterocycles. The highest BCUT2D eigenvalue weighted by Crippen LogP contribution is 2.23. The number of nitrogens with one attached hydrogen (secondary N) is 1. The van der Waals surface area contributed by atoms with Crippen molar-refractivity contribution in [1.29, 1.82) is 0 Å². The maximum Gasteiger partial charge on any atom is 0.258 e. The number of halogens is 1. The number of anilines is 2. The van der Waals surface area contributed by atoms with Gasteiger partial charge in [-0.25, -0.2) is 0 Å². The Labute approximate surface area is 101 Å². The molecule has 2 aromatic rings. The van der Waals surface area contributed by atoms with Crippen LogP contribution in [0.5, 0.6) is 0 Å². The Bertz CT molecular complexity index is 509. The third kappa shape index (κ3) is 2.25. The van der Waals surface area contributed by atoms with E-state index in [-0.39, 0.29) is 5.91 Å². The van der Waals surface area contributed by atoms with Crippen molar-refractivity contribution >= 4 is 33.2 Å². The summed E-state index contributed by atoms with van der Waals surface area (Å²) in [5.41, 5.74) is 7.42. The molecule has 1 aromatic carbocycles. The van der Waals surface area contributed by atoms with E-state index in [2.05, 4.69) is 21.2 Å². The van der Waals surface area contributed by atoms with Crippen molar-refractivity contribution in [1.82, 2.24) is 0 Å². The van der Waals surface area contributed by atoms with E-state index in [0.29, 0.717) is 16.9 Å². The van der Waals surface area contributed by atoms with Crippen molar-refractivity contribution < 1.29 is 9.21 Å². The zero-order chi connectivity index (χ0) is 11.5. The van der Waals surface area contributed by atoms with Crippen molar-refractivity contribution in [3.8, 4) is 0 Å². The van der Waals surface area contributed by atoms with E-state index in [1.807, 2.05) is 0 Å². The van der Waals surface area contributed by atoms with Crippen LogP contribution in [-0.4, -0.2) is 5.91 Å². The lowest BCUT2D eigenvalue weighted by molar-refractivity contribution is 0.102. The van der Waals surface area contributed by atoms with Crippen LogP contribution in [0.3, 0.4) is 0 Å². The fourth-order valence-corrected chi connectivity index (χ4v) is 1.58. The summed E-state index contributed by atoms with van der Waals surface area (Å²) in [7, 11) is 0. The normalized spacial score (nSPS) is 10.1. The SMILES string of the molecule is Nc1ccc(NC(=O)c2ccoc2)cc1Br. The van der Waals surface area contributed by atoms with Crippen LogP contribution in [0.4, 0.5) is 11.4 Å². The van der Waals surface area contributed by atoms with Crippen LogP contribution in [0.2, 0.25) is 0 Å². The molecular weight excluding hydrogens is 272 g/mol. The van der Waals surface area contributed by atoms with Gasteiger partial charge in [0.2, 0.25) is 0 Å². The molecule has 82 valence electrons. The summed E-state index contributed by atoms with van der Waals surface area (Å²) in [4.78, 5) is 11.7. The van der Waals surface area contributed by atoms with E-state index < -0.39 is 0 Å². The quantitative estimate of drug-likeness (QED) is 0.832. The summed E-state index contributed by atoms with van der Waals surface area (Å²) in [5, 5.41) is 2.73. The van der Waals surface area contributed by atoms with Gasteiger partial charge < -0.3 is 15.5 Å². The Hall–Kier alpha value is -1.75. The molecule has 5 heteroatoms. The smallest absolute Gasteiger partial charge is 0.258 e. The first kappa shape index (κ1) is 10.8. The molecule has 0 aliphatic heterocycles. The number of rotatable bonds is 2. The average molecular weight is 281 g/mol. The maximum absolute atomic E-state index is 11.7. The molecule has 0 bridgehead atoms. The number of carbonyl (C=O) groups excluding carboxylic acids is 1. The Morgan fingerprint density at radius 2 is 2.19 bits per heavy atom. The van der Waals surface area contributed by atoms with Crippen molar-refractivity contribution in [2.75, 3.05) is 11.1 Å². The fraction of sp³-hybridized carbons (Fsp3) is 0. The van der Waals surface area contributed by atoms with E-state index in [4.69, 9.17) is 10.2 Å².